The minimum absolute atomic E-state index is 0.0517. The standard InChI is InChI=1S/C33H43ClN8O3/c1-7-29(43)42-17-16-41(20-24(42)19-35-2)30-25-13-15-40(28-11-9-8-10-26(28)34)21-27(25)36-32(37-30)45-22-33(39(5)6)14-12-23(18-33)31(44)38(3)4/h7-11,23-24H,1,12-22H2,3-6H3/t23?,24-,33?/m0/s1. The second-order valence-corrected chi connectivity index (χ2v) is 13.0. The molecule has 1 aromatic heterocycles. The van der Waals surface area contributed by atoms with Crippen molar-refractivity contribution in [1.82, 2.24) is 24.7 Å². The third-order valence-corrected chi connectivity index (χ3v) is 9.87. The summed E-state index contributed by atoms with van der Waals surface area (Å²) in [5.74, 6) is 0.724. The normalized spacial score (nSPS) is 23.0. The third-order valence-electron chi connectivity index (χ3n) is 9.55. The van der Waals surface area contributed by atoms with Gasteiger partial charge in [-0.05, 0) is 58.0 Å². The summed E-state index contributed by atoms with van der Waals surface area (Å²) in [4.78, 5) is 48.9. The van der Waals surface area contributed by atoms with Crippen LogP contribution in [0.4, 0.5) is 11.5 Å². The molecule has 2 aliphatic heterocycles. The van der Waals surface area contributed by atoms with Crippen molar-refractivity contribution in [3.05, 3.63) is 64.6 Å². The molecule has 1 saturated carbocycles. The average Bonchev–Trinajstić information content (AvgIpc) is 3.48. The number of rotatable bonds is 9. The molecule has 12 heteroatoms. The Bertz CT molecular complexity index is 1480. The number of hydrogen-bond donors (Lipinski definition) is 0. The Kier molecular flexibility index (Phi) is 9.85. The molecule has 3 heterocycles. The summed E-state index contributed by atoms with van der Waals surface area (Å²) >= 11 is 6.58. The molecule has 240 valence electrons. The van der Waals surface area contributed by atoms with Crippen molar-refractivity contribution in [2.45, 2.75) is 43.8 Å². The molecular formula is C33H43ClN8O3. The van der Waals surface area contributed by atoms with Crippen molar-refractivity contribution in [2.75, 3.05) is 77.3 Å². The fourth-order valence-corrected chi connectivity index (χ4v) is 7.15. The number of nitrogens with zero attached hydrogens (tertiary/aromatic N) is 8. The van der Waals surface area contributed by atoms with E-state index >= 15 is 0 Å². The van der Waals surface area contributed by atoms with E-state index in [9.17, 15) is 9.59 Å². The fourth-order valence-electron chi connectivity index (χ4n) is 6.89. The second kappa shape index (κ2) is 13.6. The molecule has 3 atom stereocenters. The lowest BCUT2D eigenvalue weighted by atomic mass is 9.95. The summed E-state index contributed by atoms with van der Waals surface area (Å²) in [5, 5.41) is 0.688. The van der Waals surface area contributed by atoms with Gasteiger partial charge in [0, 0.05) is 51.8 Å². The third kappa shape index (κ3) is 6.72. The van der Waals surface area contributed by atoms with E-state index in [1.807, 2.05) is 38.4 Å². The van der Waals surface area contributed by atoms with Gasteiger partial charge in [0.15, 0.2) is 0 Å². The van der Waals surface area contributed by atoms with Crippen LogP contribution in [0.15, 0.2) is 36.9 Å². The molecule has 2 fully saturated rings. The first-order chi connectivity index (χ1) is 21.6. The first kappa shape index (κ1) is 32.5. The van der Waals surface area contributed by atoms with E-state index < -0.39 is 0 Å². The fraction of sp³-hybridized carbons (Fsp3) is 0.545. The summed E-state index contributed by atoms with van der Waals surface area (Å²) in [6.45, 7) is 14.5. The summed E-state index contributed by atoms with van der Waals surface area (Å²) < 4.78 is 6.47. The first-order valence-corrected chi connectivity index (χ1v) is 15.9. The number of aromatic nitrogens is 2. The van der Waals surface area contributed by atoms with Gasteiger partial charge in [-0.2, -0.15) is 9.97 Å². The van der Waals surface area contributed by atoms with Crippen molar-refractivity contribution in [3.63, 3.8) is 0 Å². The maximum absolute atomic E-state index is 12.8. The second-order valence-electron chi connectivity index (χ2n) is 12.6. The van der Waals surface area contributed by atoms with Crippen LogP contribution >= 0.6 is 11.6 Å². The molecule has 0 bridgehead atoms. The SMILES string of the molecule is [C-]#[N+]C[C@H]1CN(c2nc(OCC3(N(C)C)CCC(C(=O)N(C)C)C3)nc3c2CCN(c2ccccc2Cl)C3)CCN1C(=O)C=C. The van der Waals surface area contributed by atoms with E-state index in [2.05, 4.69) is 26.1 Å². The van der Waals surface area contributed by atoms with Crippen LogP contribution < -0.4 is 14.5 Å². The number of hydrogen-bond acceptors (Lipinski definition) is 8. The number of fused-ring (bicyclic) bond motifs is 1. The maximum atomic E-state index is 12.8. The minimum atomic E-state index is -0.323. The van der Waals surface area contributed by atoms with Gasteiger partial charge in [-0.15, -0.1) is 0 Å². The van der Waals surface area contributed by atoms with Gasteiger partial charge in [-0.3, -0.25) is 9.59 Å². The number of carbonyl (C=O) groups is 2. The van der Waals surface area contributed by atoms with Gasteiger partial charge in [0.2, 0.25) is 18.4 Å². The van der Waals surface area contributed by atoms with Gasteiger partial charge < -0.3 is 34.1 Å². The summed E-state index contributed by atoms with van der Waals surface area (Å²) in [7, 11) is 7.68. The topological polar surface area (TPSA) is 89.7 Å². The van der Waals surface area contributed by atoms with Gasteiger partial charge in [-0.1, -0.05) is 30.3 Å². The largest absolute Gasteiger partial charge is 0.461 e. The molecule has 0 spiro atoms. The number of para-hydroxylation sites is 1. The van der Waals surface area contributed by atoms with Crippen molar-refractivity contribution >= 4 is 34.9 Å². The van der Waals surface area contributed by atoms with E-state index in [0.29, 0.717) is 56.7 Å². The molecule has 5 rings (SSSR count). The lowest BCUT2D eigenvalue weighted by molar-refractivity contribution is -0.133. The molecule has 1 saturated heterocycles. The summed E-state index contributed by atoms with van der Waals surface area (Å²) in [6.07, 6.45) is 4.37. The molecular weight excluding hydrogens is 592 g/mol. The summed E-state index contributed by atoms with van der Waals surface area (Å²) in [6, 6.07) is 7.83. The molecule has 2 amide bonds. The van der Waals surface area contributed by atoms with Gasteiger partial charge in [0.25, 0.3) is 0 Å². The quantitative estimate of drug-likeness (QED) is 0.307. The van der Waals surface area contributed by atoms with Crippen LogP contribution in [0, 0.1) is 12.5 Å². The Balaban J connectivity index is 1.46. The van der Waals surface area contributed by atoms with Crippen LogP contribution in [0.25, 0.3) is 4.85 Å². The number of halogens is 1. The van der Waals surface area contributed by atoms with Crippen molar-refractivity contribution in [2.24, 2.45) is 5.92 Å². The molecule has 0 radical (unpaired) electrons. The van der Waals surface area contributed by atoms with Crippen molar-refractivity contribution in [1.29, 1.82) is 0 Å². The van der Waals surface area contributed by atoms with Crippen LogP contribution in [0.5, 0.6) is 6.01 Å². The zero-order valence-electron chi connectivity index (χ0n) is 26.7. The Morgan fingerprint density at radius 1 is 1.18 bits per heavy atom. The molecule has 45 heavy (non-hydrogen) atoms. The molecule has 3 aliphatic rings. The Morgan fingerprint density at radius 2 is 1.96 bits per heavy atom. The number of benzene rings is 1. The molecule has 0 N–H and O–H groups in total. The summed E-state index contributed by atoms with van der Waals surface area (Å²) in [5.41, 5.74) is 2.56. The number of likely N-dealkylation sites (N-methyl/N-ethyl adjacent to an activating group) is 1. The molecule has 11 nitrogen and oxygen atoms in total. The van der Waals surface area contributed by atoms with Gasteiger partial charge >= 0.3 is 6.01 Å². The molecule has 1 aliphatic carbocycles. The Morgan fingerprint density at radius 3 is 2.64 bits per heavy atom. The highest BCUT2D eigenvalue weighted by molar-refractivity contribution is 6.33. The van der Waals surface area contributed by atoms with Gasteiger partial charge in [0.1, 0.15) is 18.5 Å². The van der Waals surface area contributed by atoms with E-state index in [0.717, 1.165) is 42.1 Å². The van der Waals surface area contributed by atoms with Gasteiger partial charge in [0.05, 0.1) is 28.5 Å². The van der Waals surface area contributed by atoms with E-state index in [4.69, 9.17) is 32.9 Å². The Hall–Kier alpha value is -3.88. The van der Waals surface area contributed by atoms with Crippen molar-refractivity contribution < 1.29 is 14.3 Å². The first-order valence-electron chi connectivity index (χ1n) is 15.5. The number of amides is 2. The zero-order chi connectivity index (χ0) is 32.3. The minimum Gasteiger partial charge on any atom is -0.461 e. The molecule has 2 aromatic rings. The highest BCUT2D eigenvalue weighted by Crippen LogP contribution is 2.40. The predicted octanol–water partition coefficient (Wildman–Crippen LogP) is 3.38. The smallest absolute Gasteiger partial charge is 0.318 e. The average molecular weight is 635 g/mol. The van der Waals surface area contributed by atoms with Crippen molar-refractivity contribution in [3.8, 4) is 6.01 Å². The number of ether oxygens (including phenoxy) is 1. The lowest BCUT2D eigenvalue weighted by Gasteiger charge is -2.41. The van der Waals surface area contributed by atoms with E-state index in [1.54, 1.807) is 23.9 Å². The zero-order valence-corrected chi connectivity index (χ0v) is 27.5. The highest BCUT2D eigenvalue weighted by Gasteiger charge is 2.45. The van der Waals surface area contributed by atoms with Crippen LogP contribution in [0.2, 0.25) is 5.02 Å². The number of carbonyl (C=O) groups excluding carboxylic acids is 2. The molecule has 1 aromatic carbocycles. The lowest BCUT2D eigenvalue weighted by Crippen LogP contribution is -2.56. The molecule has 2 unspecified atom stereocenters. The van der Waals surface area contributed by atoms with Gasteiger partial charge in [-0.25, -0.2) is 6.57 Å². The van der Waals surface area contributed by atoms with Crippen LogP contribution in [-0.2, 0) is 22.6 Å². The Labute approximate surface area is 271 Å². The maximum Gasteiger partial charge on any atom is 0.318 e. The number of piperazine rings is 1. The number of anilines is 2. The van der Waals surface area contributed by atoms with E-state index in [1.165, 1.54) is 6.08 Å². The predicted molar refractivity (Wildman–Crippen MR) is 176 cm³/mol. The monoisotopic (exact) mass is 634 g/mol. The highest BCUT2D eigenvalue weighted by atomic mass is 35.5. The van der Waals surface area contributed by atoms with Crippen LogP contribution in [0.3, 0.4) is 0 Å². The van der Waals surface area contributed by atoms with E-state index in [-0.39, 0.29) is 35.9 Å². The van der Waals surface area contributed by atoms with Crippen LogP contribution in [0.1, 0.15) is 30.5 Å². The van der Waals surface area contributed by atoms with Crippen LogP contribution in [-0.4, -0.2) is 116 Å².